The number of methoxy groups -OCH3 is 1. The second-order valence-corrected chi connectivity index (χ2v) is 6.80. The van der Waals surface area contributed by atoms with Gasteiger partial charge in [0.15, 0.2) is 0 Å². The van der Waals surface area contributed by atoms with Crippen LogP contribution in [0.3, 0.4) is 0 Å². The molecule has 0 spiro atoms. The predicted molar refractivity (Wildman–Crippen MR) is 86.2 cm³/mol. The molecule has 2 amide bonds. The summed E-state index contributed by atoms with van der Waals surface area (Å²) in [6.45, 7) is 0.613. The molecule has 2 saturated carbocycles. The third-order valence-corrected chi connectivity index (χ3v) is 5.61. The average Bonchev–Trinajstić information content (AvgIpc) is 2.89. The van der Waals surface area contributed by atoms with Gasteiger partial charge in [0.2, 0.25) is 11.8 Å². The second-order valence-electron chi connectivity index (χ2n) is 6.80. The highest BCUT2D eigenvalue weighted by Crippen LogP contribution is 2.57. The Morgan fingerprint density at radius 1 is 1.22 bits per heavy atom. The fourth-order valence-electron chi connectivity index (χ4n) is 4.38. The lowest BCUT2D eigenvalue weighted by molar-refractivity contribution is -0.127. The summed E-state index contributed by atoms with van der Waals surface area (Å²) in [7, 11) is 1.60. The van der Waals surface area contributed by atoms with E-state index >= 15 is 0 Å². The maximum Gasteiger partial charge on any atom is 0.249 e. The normalized spacial score (nSPS) is 31.9. The van der Waals surface area contributed by atoms with Gasteiger partial charge in [-0.05, 0) is 43.2 Å². The van der Waals surface area contributed by atoms with E-state index in [1.165, 1.54) is 19.3 Å². The second kappa shape index (κ2) is 5.55. The Labute approximate surface area is 136 Å². The average molecular weight is 314 g/mol. The van der Waals surface area contributed by atoms with Gasteiger partial charge in [0.05, 0.1) is 12.8 Å². The zero-order valence-electron chi connectivity index (χ0n) is 13.3. The highest BCUT2D eigenvalue weighted by atomic mass is 16.5. The van der Waals surface area contributed by atoms with Crippen LogP contribution in [0.25, 0.3) is 0 Å². The molecule has 23 heavy (non-hydrogen) atoms. The molecule has 0 radical (unpaired) electrons. The Bertz CT molecular complexity index is 635. The summed E-state index contributed by atoms with van der Waals surface area (Å²) >= 11 is 0. The number of anilines is 1. The molecular formula is C18H22N2O3. The molecule has 1 heterocycles. The maximum atomic E-state index is 12.7. The molecule has 1 saturated heterocycles. The standard InChI is InChI=1S/C18H22N2O3/c1-23-15-8-3-2-7-14(15)20-10-9-13(18(20)22)19-17(21)16-11-5-4-6-12(11)16/h2-3,7-8,11-13,16H,4-6,9-10H2,1H3,(H,19,21)/t11-,12-,13-/m0/s1. The smallest absolute Gasteiger partial charge is 0.249 e. The number of rotatable bonds is 4. The number of hydrogen-bond acceptors (Lipinski definition) is 3. The van der Waals surface area contributed by atoms with Crippen molar-refractivity contribution in [2.45, 2.75) is 31.7 Å². The van der Waals surface area contributed by atoms with Gasteiger partial charge < -0.3 is 15.0 Å². The number of nitrogens with one attached hydrogen (secondary N) is 1. The van der Waals surface area contributed by atoms with E-state index in [1.807, 2.05) is 24.3 Å². The van der Waals surface area contributed by atoms with E-state index in [0.717, 1.165) is 5.69 Å². The summed E-state index contributed by atoms with van der Waals surface area (Å²) in [4.78, 5) is 26.8. The quantitative estimate of drug-likeness (QED) is 0.924. The van der Waals surface area contributed by atoms with Crippen LogP contribution >= 0.6 is 0 Å². The van der Waals surface area contributed by atoms with Crippen LogP contribution in [0.2, 0.25) is 0 Å². The Hall–Kier alpha value is -2.04. The van der Waals surface area contributed by atoms with Crippen LogP contribution in [-0.2, 0) is 9.59 Å². The van der Waals surface area contributed by atoms with Crippen LogP contribution in [0.5, 0.6) is 5.75 Å². The summed E-state index contributed by atoms with van der Waals surface area (Å²) < 4.78 is 5.34. The summed E-state index contributed by atoms with van der Waals surface area (Å²) in [6, 6.07) is 7.11. The number of benzene rings is 1. The topological polar surface area (TPSA) is 58.6 Å². The first-order valence-electron chi connectivity index (χ1n) is 8.45. The molecule has 4 rings (SSSR count). The lowest BCUT2D eigenvalue weighted by Crippen LogP contribution is -2.42. The third kappa shape index (κ3) is 2.38. The minimum absolute atomic E-state index is 0.0336. The van der Waals surface area contributed by atoms with Gasteiger partial charge in [0, 0.05) is 12.5 Å². The van der Waals surface area contributed by atoms with E-state index in [2.05, 4.69) is 5.32 Å². The highest BCUT2D eigenvalue weighted by molar-refractivity contribution is 6.02. The van der Waals surface area contributed by atoms with Crippen molar-refractivity contribution in [3.63, 3.8) is 0 Å². The van der Waals surface area contributed by atoms with E-state index in [1.54, 1.807) is 12.0 Å². The van der Waals surface area contributed by atoms with Gasteiger partial charge in [-0.15, -0.1) is 0 Å². The van der Waals surface area contributed by atoms with Gasteiger partial charge in [0.1, 0.15) is 11.8 Å². The summed E-state index contributed by atoms with van der Waals surface area (Å²) in [5.41, 5.74) is 0.778. The van der Waals surface area contributed by atoms with E-state index in [4.69, 9.17) is 4.74 Å². The zero-order chi connectivity index (χ0) is 16.0. The van der Waals surface area contributed by atoms with Crippen LogP contribution in [0.15, 0.2) is 24.3 Å². The number of carbonyl (C=O) groups excluding carboxylic acids is 2. The number of ether oxygens (including phenoxy) is 1. The molecule has 3 aliphatic rings. The first-order valence-corrected chi connectivity index (χ1v) is 8.45. The SMILES string of the molecule is COc1ccccc1N1CC[C@H](NC(=O)C2[C@H]3CCC[C@H]23)C1=O. The maximum absolute atomic E-state index is 12.7. The number of nitrogens with zero attached hydrogens (tertiary/aromatic N) is 1. The van der Waals surface area contributed by atoms with Gasteiger partial charge in [-0.3, -0.25) is 9.59 Å². The Kier molecular flexibility index (Phi) is 3.51. The van der Waals surface area contributed by atoms with Crippen molar-refractivity contribution in [1.82, 2.24) is 5.32 Å². The Morgan fingerprint density at radius 3 is 2.70 bits per heavy atom. The first-order chi connectivity index (χ1) is 11.2. The molecule has 0 aromatic heterocycles. The molecule has 5 heteroatoms. The van der Waals surface area contributed by atoms with Crippen LogP contribution in [0.4, 0.5) is 5.69 Å². The molecule has 122 valence electrons. The number of amides is 2. The van der Waals surface area contributed by atoms with E-state index in [9.17, 15) is 9.59 Å². The van der Waals surface area contributed by atoms with Crippen LogP contribution in [0, 0.1) is 17.8 Å². The van der Waals surface area contributed by atoms with Gasteiger partial charge in [-0.1, -0.05) is 18.6 Å². The molecule has 0 bridgehead atoms. The number of carbonyl (C=O) groups is 2. The molecule has 2 aliphatic carbocycles. The summed E-state index contributed by atoms with van der Waals surface area (Å²) in [6.07, 6.45) is 4.26. The lowest BCUT2D eigenvalue weighted by atomic mass is 10.1. The van der Waals surface area contributed by atoms with Crippen molar-refractivity contribution in [3.8, 4) is 5.75 Å². The van der Waals surface area contributed by atoms with Crippen molar-refractivity contribution >= 4 is 17.5 Å². The monoisotopic (exact) mass is 314 g/mol. The van der Waals surface area contributed by atoms with Crippen molar-refractivity contribution < 1.29 is 14.3 Å². The van der Waals surface area contributed by atoms with Crippen molar-refractivity contribution in [3.05, 3.63) is 24.3 Å². The van der Waals surface area contributed by atoms with E-state index in [0.29, 0.717) is 30.6 Å². The fourth-order valence-corrected chi connectivity index (χ4v) is 4.38. The molecule has 1 aromatic rings. The van der Waals surface area contributed by atoms with Crippen molar-refractivity contribution in [2.24, 2.45) is 17.8 Å². The molecule has 1 aromatic carbocycles. The molecule has 5 nitrogen and oxygen atoms in total. The summed E-state index contributed by atoms with van der Waals surface area (Å²) in [5, 5.41) is 2.99. The predicted octanol–water partition coefficient (Wildman–Crippen LogP) is 1.96. The molecule has 1 N–H and O–H groups in total. The molecule has 0 unspecified atom stereocenters. The van der Waals surface area contributed by atoms with Crippen LogP contribution in [0.1, 0.15) is 25.7 Å². The minimum atomic E-state index is -0.395. The summed E-state index contributed by atoms with van der Waals surface area (Å²) in [5.74, 6) is 2.06. The Balaban J connectivity index is 1.42. The van der Waals surface area contributed by atoms with Gasteiger partial charge in [0.25, 0.3) is 0 Å². The largest absolute Gasteiger partial charge is 0.495 e. The highest BCUT2D eigenvalue weighted by Gasteiger charge is 2.57. The van der Waals surface area contributed by atoms with Gasteiger partial charge in [-0.25, -0.2) is 0 Å². The number of para-hydroxylation sites is 2. The van der Waals surface area contributed by atoms with E-state index in [-0.39, 0.29) is 17.7 Å². The van der Waals surface area contributed by atoms with Crippen LogP contribution in [-0.4, -0.2) is 31.5 Å². The molecular weight excluding hydrogens is 292 g/mol. The number of fused-ring (bicyclic) bond motifs is 1. The number of hydrogen-bond donors (Lipinski definition) is 1. The zero-order valence-corrected chi connectivity index (χ0v) is 13.3. The van der Waals surface area contributed by atoms with Gasteiger partial charge >= 0.3 is 0 Å². The van der Waals surface area contributed by atoms with Crippen molar-refractivity contribution in [1.29, 1.82) is 0 Å². The van der Waals surface area contributed by atoms with Crippen LogP contribution < -0.4 is 15.0 Å². The molecule has 3 fully saturated rings. The first kappa shape index (κ1) is 14.5. The molecule has 1 aliphatic heterocycles. The fraction of sp³-hybridized carbons (Fsp3) is 0.556. The Morgan fingerprint density at radius 2 is 1.96 bits per heavy atom. The lowest BCUT2D eigenvalue weighted by Gasteiger charge is -2.19. The molecule has 3 atom stereocenters. The minimum Gasteiger partial charge on any atom is -0.495 e. The third-order valence-electron chi connectivity index (χ3n) is 5.61. The van der Waals surface area contributed by atoms with Crippen molar-refractivity contribution in [2.75, 3.05) is 18.6 Å². The van der Waals surface area contributed by atoms with Gasteiger partial charge in [-0.2, -0.15) is 0 Å². The van der Waals surface area contributed by atoms with E-state index < -0.39 is 6.04 Å².